The molecule has 0 unspecified atom stereocenters. The lowest BCUT2D eigenvalue weighted by atomic mass is 9.95. The van der Waals surface area contributed by atoms with Crippen molar-refractivity contribution in [1.82, 2.24) is 19.9 Å². The molecule has 1 aromatic carbocycles. The van der Waals surface area contributed by atoms with E-state index in [1.54, 1.807) is 36.9 Å². The molecule has 0 saturated heterocycles. The fourth-order valence-electron chi connectivity index (χ4n) is 3.10. The van der Waals surface area contributed by atoms with Gasteiger partial charge >= 0.3 is 6.01 Å². The summed E-state index contributed by atoms with van der Waals surface area (Å²) < 4.78 is 12.0. The zero-order chi connectivity index (χ0) is 17.1. The standard InChI is InChI=1S/C18H19N5O2/c19-12-10-15-17(21-9-8-20-15)16(11-12)24-13-2-4-14(5-3-13)25-18-22-6-1-7-23-18/h1,6-11,13-14H,2-5,19H2. The molecule has 25 heavy (non-hydrogen) atoms. The van der Waals surface area contributed by atoms with E-state index in [9.17, 15) is 0 Å². The maximum atomic E-state index is 6.18. The lowest BCUT2D eigenvalue weighted by molar-refractivity contribution is 0.0757. The highest BCUT2D eigenvalue weighted by atomic mass is 16.5. The van der Waals surface area contributed by atoms with Gasteiger partial charge in [-0.05, 0) is 37.8 Å². The Bertz CT molecular complexity index is 850. The van der Waals surface area contributed by atoms with Crippen LogP contribution in [0.2, 0.25) is 0 Å². The summed E-state index contributed by atoms with van der Waals surface area (Å²) in [5.74, 6) is 0.693. The molecule has 2 heterocycles. The summed E-state index contributed by atoms with van der Waals surface area (Å²) in [7, 11) is 0. The van der Waals surface area contributed by atoms with Gasteiger partial charge in [0.15, 0.2) is 0 Å². The van der Waals surface area contributed by atoms with Gasteiger partial charge < -0.3 is 15.2 Å². The van der Waals surface area contributed by atoms with Gasteiger partial charge in [-0.3, -0.25) is 4.98 Å². The van der Waals surface area contributed by atoms with Crippen molar-refractivity contribution >= 4 is 16.7 Å². The van der Waals surface area contributed by atoms with E-state index in [0.717, 1.165) is 36.7 Å². The van der Waals surface area contributed by atoms with Gasteiger partial charge in [-0.15, -0.1) is 0 Å². The van der Waals surface area contributed by atoms with Crippen LogP contribution in [-0.4, -0.2) is 32.1 Å². The van der Waals surface area contributed by atoms with E-state index in [4.69, 9.17) is 15.2 Å². The molecule has 7 nitrogen and oxygen atoms in total. The number of rotatable bonds is 4. The molecule has 0 bridgehead atoms. The maximum Gasteiger partial charge on any atom is 0.316 e. The van der Waals surface area contributed by atoms with Crippen molar-refractivity contribution in [2.75, 3.05) is 5.73 Å². The fourth-order valence-corrected chi connectivity index (χ4v) is 3.10. The van der Waals surface area contributed by atoms with E-state index in [2.05, 4.69) is 19.9 Å². The predicted octanol–water partition coefficient (Wildman–Crippen LogP) is 2.77. The van der Waals surface area contributed by atoms with Crippen LogP contribution >= 0.6 is 0 Å². The summed E-state index contributed by atoms with van der Waals surface area (Å²) in [6, 6.07) is 5.83. The van der Waals surface area contributed by atoms with Crippen LogP contribution in [0.5, 0.6) is 11.8 Å². The van der Waals surface area contributed by atoms with Crippen LogP contribution in [0.1, 0.15) is 25.7 Å². The van der Waals surface area contributed by atoms with Crippen molar-refractivity contribution in [2.24, 2.45) is 0 Å². The van der Waals surface area contributed by atoms with Gasteiger partial charge in [0.25, 0.3) is 0 Å². The SMILES string of the molecule is Nc1cc(OC2CCC(Oc3ncccn3)CC2)c2nccnc2c1. The molecule has 4 rings (SSSR count). The summed E-state index contributed by atoms with van der Waals surface area (Å²) in [4.78, 5) is 16.9. The first-order valence-corrected chi connectivity index (χ1v) is 8.38. The Balaban J connectivity index is 1.41. The Morgan fingerprint density at radius 2 is 1.48 bits per heavy atom. The molecule has 0 spiro atoms. The van der Waals surface area contributed by atoms with Crippen LogP contribution in [0.4, 0.5) is 5.69 Å². The van der Waals surface area contributed by atoms with E-state index in [0.29, 0.717) is 17.4 Å². The van der Waals surface area contributed by atoms with Gasteiger partial charge in [-0.1, -0.05) is 0 Å². The average molecular weight is 337 g/mol. The highest BCUT2D eigenvalue weighted by molar-refractivity contribution is 5.84. The highest BCUT2D eigenvalue weighted by Crippen LogP contribution is 2.30. The molecule has 2 aromatic heterocycles. The molecule has 1 fully saturated rings. The number of hydrogen-bond acceptors (Lipinski definition) is 7. The number of nitrogen functional groups attached to an aromatic ring is 1. The predicted molar refractivity (Wildman–Crippen MR) is 93.3 cm³/mol. The van der Waals surface area contributed by atoms with Crippen molar-refractivity contribution in [3.8, 4) is 11.8 Å². The number of fused-ring (bicyclic) bond motifs is 1. The van der Waals surface area contributed by atoms with Crippen LogP contribution in [0.25, 0.3) is 11.0 Å². The van der Waals surface area contributed by atoms with E-state index >= 15 is 0 Å². The molecular weight excluding hydrogens is 318 g/mol. The van der Waals surface area contributed by atoms with E-state index in [1.807, 2.05) is 6.07 Å². The quantitative estimate of drug-likeness (QED) is 0.731. The van der Waals surface area contributed by atoms with Gasteiger partial charge in [0.1, 0.15) is 17.4 Å². The molecule has 7 heteroatoms. The van der Waals surface area contributed by atoms with E-state index in [-0.39, 0.29) is 12.2 Å². The third-order valence-corrected chi connectivity index (χ3v) is 4.29. The van der Waals surface area contributed by atoms with Gasteiger partial charge in [-0.25, -0.2) is 15.0 Å². The molecule has 128 valence electrons. The number of nitrogens with two attached hydrogens (primary N) is 1. The highest BCUT2D eigenvalue weighted by Gasteiger charge is 2.25. The largest absolute Gasteiger partial charge is 0.488 e. The smallest absolute Gasteiger partial charge is 0.316 e. The molecule has 1 saturated carbocycles. The van der Waals surface area contributed by atoms with Crippen molar-refractivity contribution in [1.29, 1.82) is 0 Å². The second kappa shape index (κ2) is 6.88. The van der Waals surface area contributed by atoms with Crippen LogP contribution in [0.3, 0.4) is 0 Å². The van der Waals surface area contributed by atoms with E-state index in [1.165, 1.54) is 0 Å². The summed E-state index contributed by atoms with van der Waals surface area (Å²) in [6.45, 7) is 0. The summed E-state index contributed by atoms with van der Waals surface area (Å²) in [6.07, 6.45) is 10.5. The molecule has 0 aliphatic heterocycles. The Kier molecular flexibility index (Phi) is 4.28. The zero-order valence-electron chi connectivity index (χ0n) is 13.7. The molecule has 0 atom stereocenters. The number of aromatic nitrogens is 4. The minimum Gasteiger partial charge on any atom is -0.488 e. The molecular formula is C18H19N5O2. The lowest BCUT2D eigenvalue weighted by Gasteiger charge is -2.29. The van der Waals surface area contributed by atoms with Crippen LogP contribution in [0, 0.1) is 0 Å². The lowest BCUT2D eigenvalue weighted by Crippen LogP contribution is -2.30. The molecule has 2 N–H and O–H groups in total. The molecule has 3 aromatic rings. The van der Waals surface area contributed by atoms with Gasteiger partial charge in [0.05, 0.1) is 11.6 Å². The first-order valence-electron chi connectivity index (χ1n) is 8.38. The van der Waals surface area contributed by atoms with Crippen LogP contribution < -0.4 is 15.2 Å². The Labute approximate surface area is 145 Å². The van der Waals surface area contributed by atoms with Gasteiger partial charge in [0, 0.05) is 36.5 Å². The molecule has 1 aliphatic rings. The monoisotopic (exact) mass is 337 g/mol. The zero-order valence-corrected chi connectivity index (χ0v) is 13.7. The van der Waals surface area contributed by atoms with Gasteiger partial charge in [0.2, 0.25) is 0 Å². The number of anilines is 1. The van der Waals surface area contributed by atoms with Crippen molar-refractivity contribution in [2.45, 2.75) is 37.9 Å². The summed E-state index contributed by atoms with van der Waals surface area (Å²) in [5.41, 5.74) is 8.07. The van der Waals surface area contributed by atoms with Crippen LogP contribution in [-0.2, 0) is 0 Å². The Morgan fingerprint density at radius 1 is 0.800 bits per heavy atom. The van der Waals surface area contributed by atoms with E-state index < -0.39 is 0 Å². The number of nitrogens with zero attached hydrogens (tertiary/aromatic N) is 4. The molecule has 0 radical (unpaired) electrons. The third-order valence-electron chi connectivity index (χ3n) is 4.29. The van der Waals surface area contributed by atoms with Crippen molar-refractivity contribution < 1.29 is 9.47 Å². The summed E-state index contributed by atoms with van der Waals surface area (Å²) >= 11 is 0. The molecule has 1 aliphatic carbocycles. The number of hydrogen-bond donors (Lipinski definition) is 1. The number of benzene rings is 1. The Hall–Kier alpha value is -2.96. The second-order valence-electron chi connectivity index (χ2n) is 6.11. The topological polar surface area (TPSA) is 96.0 Å². The minimum absolute atomic E-state index is 0.114. The maximum absolute atomic E-state index is 6.18. The third kappa shape index (κ3) is 3.60. The second-order valence-corrected chi connectivity index (χ2v) is 6.11. The van der Waals surface area contributed by atoms with Gasteiger partial charge in [-0.2, -0.15) is 0 Å². The first kappa shape index (κ1) is 15.6. The molecule has 0 amide bonds. The normalized spacial score (nSPS) is 20.3. The van der Waals surface area contributed by atoms with Crippen molar-refractivity contribution in [3.05, 3.63) is 43.0 Å². The van der Waals surface area contributed by atoms with Crippen LogP contribution in [0.15, 0.2) is 43.0 Å². The average Bonchev–Trinajstić information content (AvgIpc) is 2.64. The fraction of sp³-hybridized carbons (Fsp3) is 0.333. The number of ether oxygens (including phenoxy) is 2. The summed E-state index contributed by atoms with van der Waals surface area (Å²) in [5, 5.41) is 0. The minimum atomic E-state index is 0.114. The first-order chi connectivity index (χ1) is 12.3. The van der Waals surface area contributed by atoms with Crippen molar-refractivity contribution in [3.63, 3.8) is 0 Å². The Morgan fingerprint density at radius 3 is 2.24 bits per heavy atom.